The molecular weight excluding hydrogens is 250 g/mol. The van der Waals surface area contributed by atoms with Crippen LogP contribution in [0.1, 0.15) is 32.8 Å². The molecule has 0 spiro atoms. The summed E-state index contributed by atoms with van der Waals surface area (Å²) in [7, 11) is -3.43. The maximum absolute atomic E-state index is 11.9. The molecule has 0 saturated carbocycles. The van der Waals surface area contributed by atoms with Crippen molar-refractivity contribution in [1.29, 1.82) is 0 Å². The van der Waals surface area contributed by atoms with Crippen molar-refractivity contribution in [2.75, 3.05) is 11.9 Å². The third-order valence-corrected chi connectivity index (χ3v) is 3.76. The fourth-order valence-corrected chi connectivity index (χ4v) is 2.60. The lowest BCUT2D eigenvalue weighted by atomic mass is 10.2. The Morgan fingerprint density at radius 2 is 2.06 bits per heavy atom. The van der Waals surface area contributed by atoms with E-state index in [1.165, 1.54) is 6.20 Å². The Hall–Kier alpha value is -1.14. The predicted molar refractivity (Wildman–Crippen MR) is 73.2 cm³/mol. The number of rotatable bonds is 6. The summed E-state index contributed by atoms with van der Waals surface area (Å²) in [6.45, 7) is 8.22. The minimum Gasteiger partial charge on any atom is -0.368 e. The number of sulfonamides is 1. The highest BCUT2D eigenvalue weighted by molar-refractivity contribution is 7.89. The molecule has 0 aliphatic heterocycles. The van der Waals surface area contributed by atoms with E-state index in [1.54, 1.807) is 6.07 Å². The van der Waals surface area contributed by atoms with Gasteiger partial charge in [-0.1, -0.05) is 6.92 Å². The number of aryl methyl sites for hydroxylation is 1. The van der Waals surface area contributed by atoms with Crippen LogP contribution in [0.2, 0.25) is 0 Å². The van der Waals surface area contributed by atoms with E-state index in [0.29, 0.717) is 6.54 Å². The first-order valence-electron chi connectivity index (χ1n) is 6.09. The van der Waals surface area contributed by atoms with Crippen LogP contribution in [0.15, 0.2) is 17.2 Å². The van der Waals surface area contributed by atoms with Gasteiger partial charge in [0.15, 0.2) is 0 Å². The molecule has 0 amide bonds. The zero-order chi connectivity index (χ0) is 13.8. The first-order valence-corrected chi connectivity index (χ1v) is 7.58. The Labute approximate surface area is 109 Å². The van der Waals surface area contributed by atoms with E-state index in [9.17, 15) is 8.42 Å². The minimum atomic E-state index is -3.43. The molecule has 5 nitrogen and oxygen atoms in total. The molecule has 6 heteroatoms. The molecule has 0 aromatic carbocycles. The van der Waals surface area contributed by atoms with Gasteiger partial charge in [-0.3, -0.25) is 0 Å². The Kier molecular flexibility index (Phi) is 5.10. The summed E-state index contributed by atoms with van der Waals surface area (Å²) in [5.74, 6) is 0.722. The quantitative estimate of drug-likeness (QED) is 0.829. The maximum Gasteiger partial charge on any atom is 0.242 e. The van der Waals surface area contributed by atoms with Crippen molar-refractivity contribution in [2.24, 2.45) is 0 Å². The van der Waals surface area contributed by atoms with E-state index in [4.69, 9.17) is 0 Å². The second-order valence-electron chi connectivity index (χ2n) is 4.53. The summed E-state index contributed by atoms with van der Waals surface area (Å²) >= 11 is 0. The highest BCUT2D eigenvalue weighted by Gasteiger charge is 2.15. The highest BCUT2D eigenvalue weighted by atomic mass is 32.2. The zero-order valence-electron chi connectivity index (χ0n) is 11.3. The predicted octanol–water partition coefficient (Wildman–Crippen LogP) is 1.90. The summed E-state index contributed by atoms with van der Waals surface area (Å²) in [4.78, 5) is 4.37. The molecule has 2 N–H and O–H groups in total. The molecule has 102 valence electrons. The van der Waals surface area contributed by atoms with Crippen LogP contribution < -0.4 is 10.0 Å². The van der Waals surface area contributed by atoms with Crippen molar-refractivity contribution in [1.82, 2.24) is 9.71 Å². The van der Waals surface area contributed by atoms with Crippen LogP contribution >= 0.6 is 0 Å². The fourth-order valence-electron chi connectivity index (χ4n) is 1.44. The Balaban J connectivity index is 2.97. The first kappa shape index (κ1) is 14.9. The number of nitrogens with one attached hydrogen (secondary N) is 2. The smallest absolute Gasteiger partial charge is 0.242 e. The lowest BCUT2D eigenvalue weighted by Gasteiger charge is -2.13. The van der Waals surface area contributed by atoms with Crippen molar-refractivity contribution >= 4 is 15.8 Å². The second kappa shape index (κ2) is 6.15. The van der Waals surface area contributed by atoms with Crippen molar-refractivity contribution in [2.45, 2.75) is 45.1 Å². The van der Waals surface area contributed by atoms with Gasteiger partial charge in [-0.2, -0.15) is 0 Å². The lowest BCUT2D eigenvalue weighted by Crippen LogP contribution is -2.24. The van der Waals surface area contributed by atoms with Crippen LogP contribution in [0.3, 0.4) is 0 Å². The van der Waals surface area contributed by atoms with E-state index >= 15 is 0 Å². The van der Waals surface area contributed by atoms with Crippen LogP contribution in [0.5, 0.6) is 0 Å². The SMILES string of the molecule is CCCNS(=O)(=O)c1cnc(NC(C)C)c(C)c1. The third-order valence-electron chi connectivity index (χ3n) is 2.33. The Bertz CT molecular complexity index is 498. The minimum absolute atomic E-state index is 0.211. The summed E-state index contributed by atoms with van der Waals surface area (Å²) in [6, 6.07) is 1.90. The van der Waals surface area contributed by atoms with Gasteiger partial charge in [-0.25, -0.2) is 18.1 Å². The van der Waals surface area contributed by atoms with Crippen LogP contribution in [0, 0.1) is 6.92 Å². The number of aromatic nitrogens is 1. The fraction of sp³-hybridized carbons (Fsp3) is 0.583. The van der Waals surface area contributed by atoms with Gasteiger partial charge in [0.05, 0.1) is 0 Å². The molecule has 0 fully saturated rings. The van der Waals surface area contributed by atoms with Gasteiger partial charge in [0.2, 0.25) is 10.0 Å². The second-order valence-corrected chi connectivity index (χ2v) is 6.30. The molecule has 1 rings (SSSR count). The average Bonchev–Trinajstić information content (AvgIpc) is 2.28. The molecule has 1 heterocycles. The molecule has 0 radical (unpaired) electrons. The number of nitrogens with zero attached hydrogens (tertiary/aromatic N) is 1. The molecule has 1 aromatic rings. The van der Waals surface area contributed by atoms with Crippen molar-refractivity contribution < 1.29 is 8.42 Å². The monoisotopic (exact) mass is 271 g/mol. The summed E-state index contributed by atoms with van der Waals surface area (Å²) in [5.41, 5.74) is 0.822. The maximum atomic E-state index is 11.9. The summed E-state index contributed by atoms with van der Waals surface area (Å²) < 4.78 is 26.3. The van der Waals surface area contributed by atoms with Gasteiger partial charge in [0.25, 0.3) is 0 Å². The molecule has 0 atom stereocenters. The number of hydrogen-bond donors (Lipinski definition) is 2. The van der Waals surface area contributed by atoms with Crippen LogP contribution in [-0.2, 0) is 10.0 Å². The van der Waals surface area contributed by atoms with Crippen LogP contribution in [-0.4, -0.2) is 26.0 Å². The topological polar surface area (TPSA) is 71.1 Å². The molecule has 0 unspecified atom stereocenters. The van der Waals surface area contributed by atoms with Crippen molar-refractivity contribution in [3.05, 3.63) is 17.8 Å². The first-order chi connectivity index (χ1) is 8.36. The Morgan fingerprint density at radius 3 is 2.56 bits per heavy atom. The average molecular weight is 271 g/mol. The number of anilines is 1. The van der Waals surface area contributed by atoms with Gasteiger partial charge in [0.1, 0.15) is 10.7 Å². The normalized spacial score (nSPS) is 11.8. The van der Waals surface area contributed by atoms with E-state index in [1.807, 2.05) is 27.7 Å². The van der Waals surface area contributed by atoms with Gasteiger partial charge in [-0.15, -0.1) is 0 Å². The molecule has 0 aliphatic carbocycles. The van der Waals surface area contributed by atoms with Gasteiger partial charge in [0, 0.05) is 18.8 Å². The largest absolute Gasteiger partial charge is 0.368 e. The van der Waals surface area contributed by atoms with E-state index in [0.717, 1.165) is 17.8 Å². The number of hydrogen-bond acceptors (Lipinski definition) is 4. The molecule has 1 aromatic heterocycles. The summed E-state index contributed by atoms with van der Waals surface area (Å²) in [6.07, 6.45) is 2.15. The standard InChI is InChI=1S/C12H21N3O2S/c1-5-6-14-18(16,17)11-7-10(4)12(13-8-11)15-9(2)3/h7-9,14H,5-6H2,1-4H3,(H,13,15). The van der Waals surface area contributed by atoms with Crippen molar-refractivity contribution in [3.8, 4) is 0 Å². The lowest BCUT2D eigenvalue weighted by molar-refractivity contribution is 0.580. The van der Waals surface area contributed by atoms with E-state index in [-0.39, 0.29) is 10.9 Å². The highest BCUT2D eigenvalue weighted by Crippen LogP contribution is 2.17. The van der Waals surface area contributed by atoms with Crippen LogP contribution in [0.4, 0.5) is 5.82 Å². The van der Waals surface area contributed by atoms with Crippen molar-refractivity contribution in [3.63, 3.8) is 0 Å². The number of pyridine rings is 1. The molecule has 0 saturated heterocycles. The van der Waals surface area contributed by atoms with E-state index in [2.05, 4.69) is 15.0 Å². The van der Waals surface area contributed by atoms with Gasteiger partial charge >= 0.3 is 0 Å². The van der Waals surface area contributed by atoms with Gasteiger partial charge in [-0.05, 0) is 38.8 Å². The Morgan fingerprint density at radius 1 is 1.39 bits per heavy atom. The molecule has 0 aliphatic rings. The van der Waals surface area contributed by atoms with E-state index < -0.39 is 10.0 Å². The molecule has 0 bridgehead atoms. The third kappa shape index (κ3) is 3.96. The van der Waals surface area contributed by atoms with Gasteiger partial charge < -0.3 is 5.32 Å². The molecule has 18 heavy (non-hydrogen) atoms. The molecular formula is C12H21N3O2S. The zero-order valence-corrected chi connectivity index (χ0v) is 12.1. The summed E-state index contributed by atoms with van der Waals surface area (Å²) in [5, 5.41) is 3.17. The van der Waals surface area contributed by atoms with Crippen LogP contribution in [0.25, 0.3) is 0 Å².